The van der Waals surface area contributed by atoms with Gasteiger partial charge in [-0.15, -0.1) is 0 Å². The van der Waals surface area contributed by atoms with Crippen molar-refractivity contribution in [2.75, 3.05) is 30.9 Å². The molecule has 4 aromatic rings. The van der Waals surface area contributed by atoms with E-state index in [-0.39, 0.29) is 35.1 Å². The number of sulfone groups is 1. The number of ether oxygens (including phenoxy) is 1. The molecule has 13 heteroatoms. The van der Waals surface area contributed by atoms with E-state index in [1.165, 1.54) is 30.3 Å². The smallest absolute Gasteiger partial charge is 0.321 e. The van der Waals surface area contributed by atoms with Gasteiger partial charge in [0.15, 0.2) is 9.84 Å². The minimum Gasteiger partial charge on any atom is -0.465 e. The number of sulfonamides is 1. The van der Waals surface area contributed by atoms with E-state index in [4.69, 9.17) is 16.3 Å². The topological polar surface area (TPSA) is 118 Å². The first-order chi connectivity index (χ1) is 21.3. The molecule has 1 heterocycles. The number of hydrogen-bond acceptors (Lipinski definition) is 7. The zero-order chi connectivity index (χ0) is 32.5. The van der Waals surface area contributed by atoms with E-state index in [0.717, 1.165) is 21.5 Å². The van der Waals surface area contributed by atoms with Gasteiger partial charge in [0.2, 0.25) is 15.9 Å². The van der Waals surface area contributed by atoms with E-state index in [1.807, 2.05) is 0 Å². The fourth-order valence-corrected chi connectivity index (χ4v) is 8.16. The molecule has 1 saturated heterocycles. The van der Waals surface area contributed by atoms with E-state index < -0.39 is 50.1 Å². The lowest BCUT2D eigenvalue weighted by molar-refractivity contribution is -0.144. The lowest BCUT2D eigenvalue weighted by Crippen LogP contribution is -2.55. The molecule has 1 aliphatic rings. The van der Waals surface area contributed by atoms with Crippen LogP contribution in [-0.2, 0) is 34.2 Å². The van der Waals surface area contributed by atoms with Gasteiger partial charge >= 0.3 is 5.97 Å². The number of anilines is 1. The Kier molecular flexibility index (Phi) is 9.31. The average molecular weight is 673 g/mol. The molecule has 0 aromatic heterocycles. The third-order valence-corrected chi connectivity index (χ3v) is 10.8. The molecule has 4 aromatic carbocycles. The largest absolute Gasteiger partial charge is 0.465 e. The number of rotatable bonds is 9. The Morgan fingerprint density at radius 2 is 1.71 bits per heavy atom. The Bertz CT molecular complexity index is 2020. The summed E-state index contributed by atoms with van der Waals surface area (Å²) in [5, 5.41) is 1.78. The van der Waals surface area contributed by atoms with Crippen molar-refractivity contribution < 1.29 is 35.6 Å². The van der Waals surface area contributed by atoms with Crippen molar-refractivity contribution in [2.45, 2.75) is 35.6 Å². The van der Waals surface area contributed by atoms with Crippen LogP contribution in [0, 0.1) is 5.82 Å². The number of amides is 1. The molecule has 236 valence electrons. The first-order valence-corrected chi connectivity index (χ1v) is 17.8. The van der Waals surface area contributed by atoms with Crippen LogP contribution >= 0.6 is 11.6 Å². The zero-order valence-electron chi connectivity index (χ0n) is 24.4. The van der Waals surface area contributed by atoms with Crippen molar-refractivity contribution in [1.82, 2.24) is 4.31 Å². The molecule has 1 atom stereocenters. The third kappa shape index (κ3) is 6.74. The van der Waals surface area contributed by atoms with Crippen LogP contribution in [0.5, 0.6) is 0 Å². The van der Waals surface area contributed by atoms with Gasteiger partial charge in [-0.1, -0.05) is 48.0 Å². The van der Waals surface area contributed by atoms with E-state index >= 15 is 4.39 Å². The van der Waals surface area contributed by atoms with Crippen molar-refractivity contribution in [3.05, 3.63) is 89.7 Å². The number of fused-ring (bicyclic) bond motifs is 1. The van der Waals surface area contributed by atoms with Gasteiger partial charge in [-0.3, -0.25) is 9.59 Å². The monoisotopic (exact) mass is 672 g/mol. The molecule has 9 nitrogen and oxygen atoms in total. The Hall–Kier alpha value is -3.84. The molecule has 5 rings (SSSR count). The lowest BCUT2D eigenvalue weighted by Gasteiger charge is -2.37. The van der Waals surface area contributed by atoms with Gasteiger partial charge in [-0.2, -0.15) is 4.31 Å². The summed E-state index contributed by atoms with van der Waals surface area (Å²) in [5.41, 5.74) is 0.501. The molecule has 0 N–H and O–H groups in total. The first-order valence-electron chi connectivity index (χ1n) is 14.1. The highest BCUT2D eigenvalue weighted by Gasteiger charge is 2.42. The number of hydrogen-bond donors (Lipinski definition) is 0. The number of halogens is 2. The van der Waals surface area contributed by atoms with Crippen LogP contribution in [0.4, 0.5) is 10.1 Å². The fourth-order valence-electron chi connectivity index (χ4n) is 5.47. The zero-order valence-corrected chi connectivity index (χ0v) is 26.8. The van der Waals surface area contributed by atoms with E-state index in [1.54, 1.807) is 49.4 Å². The maximum Gasteiger partial charge on any atom is 0.321 e. The van der Waals surface area contributed by atoms with Crippen molar-refractivity contribution in [1.29, 1.82) is 0 Å². The molecule has 0 bridgehead atoms. The summed E-state index contributed by atoms with van der Waals surface area (Å²) < 4.78 is 74.3. The molecule has 1 aliphatic heterocycles. The third-order valence-electron chi connectivity index (χ3n) is 7.56. The molecule has 1 fully saturated rings. The van der Waals surface area contributed by atoms with Gasteiger partial charge in [0.25, 0.3) is 0 Å². The van der Waals surface area contributed by atoms with Gasteiger partial charge in [-0.05, 0) is 78.6 Å². The molecule has 0 aliphatic carbocycles. The van der Waals surface area contributed by atoms with Crippen LogP contribution in [-0.4, -0.2) is 65.0 Å². The molecule has 0 spiro atoms. The van der Waals surface area contributed by atoms with Crippen LogP contribution in [0.25, 0.3) is 21.9 Å². The first kappa shape index (κ1) is 32.6. The number of benzene rings is 4. The van der Waals surface area contributed by atoms with Crippen LogP contribution in [0.3, 0.4) is 0 Å². The summed E-state index contributed by atoms with van der Waals surface area (Å²) in [6.07, 6.45) is 1.48. The number of esters is 1. The molecule has 1 unspecified atom stereocenters. The summed E-state index contributed by atoms with van der Waals surface area (Å²) >= 11 is 6.07. The van der Waals surface area contributed by atoms with Gasteiger partial charge in [0, 0.05) is 23.4 Å². The molecular weight excluding hydrogens is 643 g/mol. The minimum absolute atomic E-state index is 0.00815. The summed E-state index contributed by atoms with van der Waals surface area (Å²) in [7, 11) is -8.03. The second kappa shape index (κ2) is 12.9. The highest BCUT2D eigenvalue weighted by molar-refractivity contribution is 7.90. The van der Waals surface area contributed by atoms with Crippen molar-refractivity contribution in [3.63, 3.8) is 0 Å². The maximum absolute atomic E-state index is 15.7. The predicted octanol–water partition coefficient (Wildman–Crippen LogP) is 5.45. The molecule has 45 heavy (non-hydrogen) atoms. The second-order valence-corrected chi connectivity index (χ2v) is 14.9. The molecular formula is C32H30ClFN2O7S2. The van der Waals surface area contributed by atoms with Crippen LogP contribution in [0.15, 0.2) is 88.7 Å². The van der Waals surface area contributed by atoms with Gasteiger partial charge in [0.05, 0.1) is 22.1 Å². The average Bonchev–Trinajstić information content (AvgIpc) is 3.00. The highest BCUT2D eigenvalue weighted by Crippen LogP contribution is 2.34. The van der Waals surface area contributed by atoms with Crippen molar-refractivity contribution >= 4 is 59.8 Å². The quantitative estimate of drug-likeness (QED) is 0.217. The Morgan fingerprint density at radius 3 is 2.42 bits per heavy atom. The van der Waals surface area contributed by atoms with Crippen LogP contribution in [0.1, 0.15) is 19.8 Å². The maximum atomic E-state index is 15.7. The van der Waals surface area contributed by atoms with Gasteiger partial charge < -0.3 is 9.64 Å². The van der Waals surface area contributed by atoms with Crippen LogP contribution in [0.2, 0.25) is 5.02 Å². The number of nitrogens with zero attached hydrogens (tertiary/aromatic N) is 2. The second-order valence-electron chi connectivity index (χ2n) is 10.6. The summed E-state index contributed by atoms with van der Waals surface area (Å²) in [6, 6.07) is 18.3. The molecule has 0 saturated carbocycles. The van der Waals surface area contributed by atoms with E-state index in [2.05, 4.69) is 0 Å². The highest BCUT2D eigenvalue weighted by atomic mass is 35.5. The predicted molar refractivity (Wildman–Crippen MR) is 170 cm³/mol. The Morgan fingerprint density at radius 1 is 1.00 bits per heavy atom. The fraction of sp³-hybridized carbons (Fsp3) is 0.250. The summed E-state index contributed by atoms with van der Waals surface area (Å²) in [4.78, 5) is 27.6. The van der Waals surface area contributed by atoms with Gasteiger partial charge in [-0.25, -0.2) is 21.2 Å². The molecule has 1 amide bonds. The summed E-state index contributed by atoms with van der Waals surface area (Å²) in [6.45, 7) is 0.978. The number of carbonyl (C=O) groups excluding carboxylic acids is 2. The van der Waals surface area contributed by atoms with Crippen molar-refractivity contribution in [3.8, 4) is 11.1 Å². The van der Waals surface area contributed by atoms with E-state index in [0.29, 0.717) is 33.3 Å². The lowest BCUT2D eigenvalue weighted by atomic mass is 10.0. The van der Waals surface area contributed by atoms with Gasteiger partial charge in [0.1, 0.15) is 18.4 Å². The van der Waals surface area contributed by atoms with Crippen LogP contribution < -0.4 is 4.90 Å². The standard InChI is InChI=1S/C32H30ClFN2O7S2/c1-3-43-31(37)20-36(45(41,42)25-14-11-21-17-24(33)13-10-22(21)18-25)29-8-6-16-35(32(29)38)28-15-12-23(19-27(28)34)26-7-4-5-9-30(26)44(2,39)40/h4-5,7,9-15,17-19,29H,3,6,8,16,20H2,1-2H3. The number of piperidine rings is 1. The van der Waals surface area contributed by atoms with Crippen molar-refractivity contribution in [2.24, 2.45) is 0 Å². The normalized spacial score (nSPS) is 15.9. The Labute approximate surface area is 266 Å². The SMILES string of the molecule is CCOC(=O)CN(C1CCCN(c2ccc(-c3ccccc3S(C)(=O)=O)cc2F)C1=O)S(=O)(=O)c1ccc2cc(Cl)ccc2c1. The Balaban J connectivity index is 1.51. The summed E-state index contributed by atoms with van der Waals surface area (Å²) in [5.74, 6) is -2.33. The molecule has 0 radical (unpaired) electrons. The minimum atomic E-state index is -4.42. The van der Waals surface area contributed by atoms with E-state index in [9.17, 15) is 26.4 Å². The number of carbonyl (C=O) groups is 2.